The molecular formula is C15H15N3OS. The molecule has 0 fully saturated rings. The zero-order valence-corrected chi connectivity index (χ0v) is 11.9. The van der Waals surface area contributed by atoms with Gasteiger partial charge < -0.3 is 0 Å². The molecular weight excluding hydrogens is 270 g/mol. The van der Waals surface area contributed by atoms with E-state index in [4.69, 9.17) is 0 Å². The molecule has 0 bridgehead atoms. The number of thioether (sulfide) groups is 1. The van der Waals surface area contributed by atoms with E-state index in [1.54, 1.807) is 18.6 Å². The smallest absolute Gasteiger partial charge is 0.253 e. The monoisotopic (exact) mass is 285 g/mol. The fraction of sp³-hybridized carbons (Fsp3) is 0.133. The highest BCUT2D eigenvalue weighted by molar-refractivity contribution is 8.00. The van der Waals surface area contributed by atoms with Crippen molar-refractivity contribution in [3.8, 4) is 0 Å². The molecule has 102 valence electrons. The molecule has 0 radical (unpaired) electrons. The summed E-state index contributed by atoms with van der Waals surface area (Å²) >= 11 is 1.50. The second kappa shape index (κ2) is 7.45. The number of pyridine rings is 1. The van der Waals surface area contributed by atoms with Gasteiger partial charge >= 0.3 is 0 Å². The molecule has 2 aromatic rings. The standard InChI is InChI=1S/C15H15N3OS/c1-12(20-14-7-3-2-4-8-14)15(19)18-17-11-13-6-5-9-16-10-13/h2-12H,1H3,(H,18,19)/b17-11-/t12-/m0/s1. The first-order valence-electron chi connectivity index (χ1n) is 6.20. The summed E-state index contributed by atoms with van der Waals surface area (Å²) in [5.41, 5.74) is 3.38. The first-order chi connectivity index (χ1) is 9.75. The van der Waals surface area contributed by atoms with Crippen LogP contribution in [0.25, 0.3) is 0 Å². The first kappa shape index (κ1) is 14.3. The van der Waals surface area contributed by atoms with Crippen molar-refractivity contribution in [2.45, 2.75) is 17.1 Å². The highest BCUT2D eigenvalue weighted by Crippen LogP contribution is 2.22. The van der Waals surface area contributed by atoms with Gasteiger partial charge in [0.25, 0.3) is 5.91 Å². The van der Waals surface area contributed by atoms with Crippen LogP contribution >= 0.6 is 11.8 Å². The lowest BCUT2D eigenvalue weighted by Gasteiger charge is -2.08. The number of rotatable bonds is 5. The summed E-state index contributed by atoms with van der Waals surface area (Å²) in [6.07, 6.45) is 4.94. The van der Waals surface area contributed by atoms with E-state index >= 15 is 0 Å². The van der Waals surface area contributed by atoms with Gasteiger partial charge in [-0.25, -0.2) is 5.43 Å². The van der Waals surface area contributed by atoms with Gasteiger partial charge in [-0.3, -0.25) is 9.78 Å². The summed E-state index contributed by atoms with van der Waals surface area (Å²) in [4.78, 5) is 16.9. The number of hydrogen-bond acceptors (Lipinski definition) is 4. The third kappa shape index (κ3) is 4.51. The van der Waals surface area contributed by atoms with Crippen molar-refractivity contribution in [2.24, 2.45) is 5.10 Å². The highest BCUT2D eigenvalue weighted by Gasteiger charge is 2.13. The van der Waals surface area contributed by atoms with Crippen molar-refractivity contribution < 1.29 is 4.79 Å². The molecule has 0 unspecified atom stereocenters. The van der Waals surface area contributed by atoms with Crippen LogP contribution in [0.4, 0.5) is 0 Å². The van der Waals surface area contributed by atoms with Gasteiger partial charge in [0.1, 0.15) is 0 Å². The Morgan fingerprint density at radius 1 is 1.30 bits per heavy atom. The van der Waals surface area contributed by atoms with Crippen LogP contribution in [0.2, 0.25) is 0 Å². The van der Waals surface area contributed by atoms with Crippen LogP contribution < -0.4 is 5.43 Å². The maximum Gasteiger partial charge on any atom is 0.253 e. The van der Waals surface area contributed by atoms with Gasteiger partial charge in [-0.1, -0.05) is 24.3 Å². The van der Waals surface area contributed by atoms with Crippen molar-refractivity contribution in [3.05, 3.63) is 60.4 Å². The van der Waals surface area contributed by atoms with Crippen LogP contribution in [0.3, 0.4) is 0 Å². The van der Waals surface area contributed by atoms with E-state index in [-0.39, 0.29) is 11.2 Å². The zero-order valence-electron chi connectivity index (χ0n) is 11.1. The van der Waals surface area contributed by atoms with Crippen LogP contribution in [0.5, 0.6) is 0 Å². The molecule has 1 aromatic carbocycles. The largest absolute Gasteiger partial charge is 0.272 e. The fourth-order valence-electron chi connectivity index (χ4n) is 1.47. The van der Waals surface area contributed by atoms with Crippen molar-refractivity contribution in [2.75, 3.05) is 0 Å². The summed E-state index contributed by atoms with van der Waals surface area (Å²) in [6, 6.07) is 13.5. The van der Waals surface area contributed by atoms with Gasteiger partial charge in [-0.15, -0.1) is 11.8 Å². The molecule has 0 aliphatic heterocycles. The van der Waals surface area contributed by atoms with E-state index in [1.165, 1.54) is 11.8 Å². The quantitative estimate of drug-likeness (QED) is 0.522. The van der Waals surface area contributed by atoms with Crippen LogP contribution in [-0.2, 0) is 4.79 Å². The average Bonchev–Trinajstić information content (AvgIpc) is 2.49. The van der Waals surface area contributed by atoms with Gasteiger partial charge in [-0.05, 0) is 25.1 Å². The molecule has 5 heteroatoms. The van der Waals surface area contributed by atoms with E-state index in [0.29, 0.717) is 0 Å². The Morgan fingerprint density at radius 3 is 2.80 bits per heavy atom. The number of nitrogens with one attached hydrogen (secondary N) is 1. The van der Waals surface area contributed by atoms with Gasteiger partial charge in [0.15, 0.2) is 0 Å². The second-order valence-electron chi connectivity index (χ2n) is 4.09. The molecule has 0 spiro atoms. The predicted molar refractivity (Wildman–Crippen MR) is 81.7 cm³/mol. The second-order valence-corrected chi connectivity index (χ2v) is 5.51. The number of nitrogens with zero attached hydrogens (tertiary/aromatic N) is 2. The molecule has 1 N–H and O–H groups in total. The van der Waals surface area contributed by atoms with E-state index in [9.17, 15) is 4.79 Å². The molecule has 0 saturated heterocycles. The number of carbonyl (C=O) groups is 1. The summed E-state index contributed by atoms with van der Waals surface area (Å²) in [6.45, 7) is 1.85. The number of benzene rings is 1. The predicted octanol–water partition coefficient (Wildman–Crippen LogP) is 2.71. The Bertz CT molecular complexity index is 572. The Hall–Kier alpha value is -2.14. The van der Waals surface area contributed by atoms with Gasteiger partial charge in [-0.2, -0.15) is 5.10 Å². The molecule has 1 heterocycles. The fourth-order valence-corrected chi connectivity index (χ4v) is 2.35. The van der Waals surface area contributed by atoms with Gasteiger partial charge in [0, 0.05) is 22.9 Å². The lowest BCUT2D eigenvalue weighted by molar-refractivity contribution is -0.120. The zero-order chi connectivity index (χ0) is 14.2. The Morgan fingerprint density at radius 2 is 2.10 bits per heavy atom. The molecule has 4 nitrogen and oxygen atoms in total. The Balaban J connectivity index is 1.84. The normalized spacial score (nSPS) is 12.2. The van der Waals surface area contributed by atoms with Crippen LogP contribution in [0, 0.1) is 0 Å². The van der Waals surface area contributed by atoms with Crippen molar-refractivity contribution in [3.63, 3.8) is 0 Å². The average molecular weight is 285 g/mol. The molecule has 1 amide bonds. The summed E-state index contributed by atoms with van der Waals surface area (Å²) < 4.78 is 0. The Labute approximate surface area is 122 Å². The van der Waals surface area contributed by atoms with E-state index in [0.717, 1.165) is 10.5 Å². The molecule has 0 aliphatic carbocycles. The third-order valence-corrected chi connectivity index (χ3v) is 3.61. The minimum Gasteiger partial charge on any atom is -0.272 e. The first-order valence-corrected chi connectivity index (χ1v) is 7.08. The number of carbonyl (C=O) groups excluding carboxylic acids is 1. The van der Waals surface area contributed by atoms with Crippen LogP contribution in [0.1, 0.15) is 12.5 Å². The van der Waals surface area contributed by atoms with Crippen molar-refractivity contribution in [1.82, 2.24) is 10.4 Å². The SMILES string of the molecule is C[C@H](Sc1ccccc1)C(=O)N/N=C\c1cccnc1. The minimum absolute atomic E-state index is 0.126. The van der Waals surface area contributed by atoms with E-state index in [1.807, 2.05) is 49.4 Å². The van der Waals surface area contributed by atoms with Gasteiger partial charge in [0.05, 0.1) is 11.5 Å². The molecule has 0 aliphatic rings. The van der Waals surface area contributed by atoms with Crippen molar-refractivity contribution >= 4 is 23.9 Å². The summed E-state index contributed by atoms with van der Waals surface area (Å²) in [7, 11) is 0. The van der Waals surface area contributed by atoms with Crippen LogP contribution in [-0.4, -0.2) is 22.4 Å². The third-order valence-electron chi connectivity index (χ3n) is 2.50. The van der Waals surface area contributed by atoms with E-state index < -0.39 is 0 Å². The topological polar surface area (TPSA) is 54.4 Å². The Kier molecular flexibility index (Phi) is 5.32. The number of aromatic nitrogens is 1. The number of amides is 1. The molecule has 1 atom stereocenters. The number of hydrogen-bond donors (Lipinski definition) is 1. The lowest BCUT2D eigenvalue weighted by atomic mass is 10.3. The van der Waals surface area contributed by atoms with E-state index in [2.05, 4.69) is 15.5 Å². The van der Waals surface area contributed by atoms with Gasteiger partial charge in [0.2, 0.25) is 0 Å². The molecule has 2 rings (SSSR count). The van der Waals surface area contributed by atoms with Crippen LogP contribution in [0.15, 0.2) is 64.9 Å². The number of hydrazone groups is 1. The summed E-state index contributed by atoms with van der Waals surface area (Å²) in [5.74, 6) is -0.126. The maximum atomic E-state index is 11.9. The molecule has 1 aromatic heterocycles. The van der Waals surface area contributed by atoms with Crippen molar-refractivity contribution in [1.29, 1.82) is 0 Å². The lowest BCUT2D eigenvalue weighted by Crippen LogP contribution is -2.26. The minimum atomic E-state index is -0.205. The maximum absolute atomic E-state index is 11.9. The summed E-state index contributed by atoms with van der Waals surface area (Å²) in [5, 5.41) is 3.72. The molecule has 0 saturated carbocycles. The highest BCUT2D eigenvalue weighted by atomic mass is 32.2. The molecule has 20 heavy (non-hydrogen) atoms.